The van der Waals surface area contributed by atoms with Crippen LogP contribution < -0.4 is 5.32 Å². The molecule has 0 amide bonds. The fourth-order valence-electron chi connectivity index (χ4n) is 1.25. The highest BCUT2D eigenvalue weighted by molar-refractivity contribution is 4.98. The molecule has 3 atom stereocenters. The molecule has 1 saturated heterocycles. The van der Waals surface area contributed by atoms with E-state index in [9.17, 15) is 0 Å². The van der Waals surface area contributed by atoms with Crippen LogP contribution in [-0.2, 0) is 0 Å². The standard InChI is InChI=1S/C10H19N/c1-10(2,3)9-5-8-4-7(9)6-11-8/h7-9,11H,4-6H2,1-3H3/t7-,8-,9?/m1/s1/i4D2,5D2,6D2,7D,8D,9D. The molecule has 1 saturated carbocycles. The van der Waals surface area contributed by atoms with Crippen LogP contribution in [0.4, 0.5) is 0 Å². The first kappa shape index (κ1) is 2.47. The van der Waals surface area contributed by atoms with E-state index >= 15 is 0 Å². The SMILES string of the molecule is [2H]C1([2H])C([2H])(C(C)(C)C)[C@@]2([2H])C([2H])([2H])N[C@]1([2H])C2([2H])[2H]. The lowest BCUT2D eigenvalue weighted by Crippen LogP contribution is -2.35. The largest absolute Gasteiger partial charge is 0.314 e. The number of hydrogen-bond acceptors (Lipinski definition) is 1. The van der Waals surface area contributed by atoms with Crippen molar-refractivity contribution in [2.24, 2.45) is 17.2 Å². The van der Waals surface area contributed by atoms with E-state index in [1.165, 1.54) is 20.8 Å². The van der Waals surface area contributed by atoms with Crippen LogP contribution >= 0.6 is 0 Å². The first-order chi connectivity index (χ1) is 8.46. The molecule has 0 aromatic carbocycles. The second-order valence-corrected chi connectivity index (χ2v) is 3.88. The fourth-order valence-corrected chi connectivity index (χ4v) is 1.25. The van der Waals surface area contributed by atoms with Crippen LogP contribution in [0, 0.1) is 17.2 Å². The molecule has 64 valence electrons. The average Bonchev–Trinajstić information content (AvgIpc) is 2.35. The lowest BCUT2D eigenvalue weighted by atomic mass is 9.74. The van der Waals surface area contributed by atoms with Crippen LogP contribution in [0.3, 0.4) is 0 Å². The highest BCUT2D eigenvalue weighted by atomic mass is 15.0. The van der Waals surface area contributed by atoms with Crippen LogP contribution in [0.5, 0.6) is 0 Å². The summed E-state index contributed by atoms with van der Waals surface area (Å²) >= 11 is 0. The van der Waals surface area contributed by atoms with Gasteiger partial charge in [0.15, 0.2) is 0 Å². The summed E-state index contributed by atoms with van der Waals surface area (Å²) < 4.78 is 73.2. The van der Waals surface area contributed by atoms with Crippen LogP contribution in [0.2, 0.25) is 0 Å². The summed E-state index contributed by atoms with van der Waals surface area (Å²) in [5.41, 5.74) is -1.23. The second-order valence-electron chi connectivity index (χ2n) is 3.88. The third-order valence-corrected chi connectivity index (χ3v) is 1.81. The molecule has 2 rings (SSSR count). The van der Waals surface area contributed by atoms with Crippen molar-refractivity contribution in [2.75, 3.05) is 6.50 Å². The van der Waals surface area contributed by atoms with Crippen molar-refractivity contribution in [2.45, 2.75) is 39.5 Å². The molecule has 2 fully saturated rings. The van der Waals surface area contributed by atoms with Gasteiger partial charge in [-0.3, -0.25) is 0 Å². The fraction of sp³-hybridized carbons (Fsp3) is 1.00. The summed E-state index contributed by atoms with van der Waals surface area (Å²) in [5.74, 6) is -5.19. The molecular formula is C10H19N. The molecule has 1 unspecified atom stereocenters. The summed E-state index contributed by atoms with van der Waals surface area (Å²) in [4.78, 5) is 0. The molecule has 2 aliphatic rings. The first-order valence-corrected chi connectivity index (χ1v) is 3.75. The molecule has 1 heteroatoms. The maximum absolute atomic E-state index is 8.55. The zero-order valence-corrected chi connectivity index (χ0v) is 7.00. The van der Waals surface area contributed by atoms with Crippen molar-refractivity contribution < 1.29 is 12.3 Å². The van der Waals surface area contributed by atoms with Gasteiger partial charge in [0.05, 0.1) is 0 Å². The van der Waals surface area contributed by atoms with Gasteiger partial charge in [-0.15, -0.1) is 0 Å². The minimum Gasteiger partial charge on any atom is -0.314 e. The van der Waals surface area contributed by atoms with Crippen molar-refractivity contribution in [3.8, 4) is 0 Å². The molecule has 1 aliphatic carbocycles. The lowest BCUT2D eigenvalue weighted by molar-refractivity contribution is 0.170. The van der Waals surface area contributed by atoms with Gasteiger partial charge in [0.2, 0.25) is 0 Å². The maximum Gasteiger partial charge on any atom is 0.0465 e. The van der Waals surface area contributed by atoms with E-state index in [0.29, 0.717) is 0 Å². The van der Waals surface area contributed by atoms with Gasteiger partial charge in [-0.1, -0.05) is 20.8 Å². The molecule has 1 N–H and O–H groups in total. The number of nitrogens with one attached hydrogen (secondary N) is 1. The van der Waals surface area contributed by atoms with Crippen molar-refractivity contribution in [1.29, 1.82) is 0 Å². The molecule has 0 spiro atoms. The van der Waals surface area contributed by atoms with Gasteiger partial charge in [-0.2, -0.15) is 0 Å². The van der Waals surface area contributed by atoms with E-state index in [1.54, 1.807) is 0 Å². The normalized spacial score (nSPS) is 89.2. The molecule has 1 nitrogen and oxygen atoms in total. The number of fused-ring (bicyclic) bond motifs is 2. The first-order valence-electron chi connectivity index (χ1n) is 8.25. The van der Waals surface area contributed by atoms with E-state index < -0.39 is 42.5 Å². The van der Waals surface area contributed by atoms with Gasteiger partial charge in [0.1, 0.15) is 0 Å². The Morgan fingerprint density at radius 2 is 2.18 bits per heavy atom. The Kier molecular flexibility index (Phi) is 0.500. The summed E-state index contributed by atoms with van der Waals surface area (Å²) in [7, 11) is 0. The number of piperidine rings is 1. The Morgan fingerprint density at radius 3 is 2.64 bits per heavy atom. The Hall–Kier alpha value is -0.0400. The van der Waals surface area contributed by atoms with E-state index in [1.807, 2.05) is 5.32 Å². The smallest absolute Gasteiger partial charge is 0.0465 e. The summed E-state index contributed by atoms with van der Waals surface area (Å²) in [6.45, 7) is 1.75. The summed E-state index contributed by atoms with van der Waals surface area (Å²) in [6.07, 6.45) is -5.60. The molecule has 1 heterocycles. The molecule has 0 aromatic rings. The molecule has 0 radical (unpaired) electrons. The Labute approximate surface area is 82.2 Å². The van der Waals surface area contributed by atoms with E-state index in [-0.39, 0.29) is 0 Å². The molecule has 0 aromatic heterocycles. The Balaban J connectivity index is 2.93. The van der Waals surface area contributed by atoms with Gasteiger partial charge < -0.3 is 5.32 Å². The van der Waals surface area contributed by atoms with Gasteiger partial charge in [0, 0.05) is 18.4 Å². The van der Waals surface area contributed by atoms with Crippen molar-refractivity contribution in [1.82, 2.24) is 5.32 Å². The third-order valence-electron chi connectivity index (χ3n) is 1.81. The molecular weight excluding hydrogens is 134 g/mol. The molecule has 11 heavy (non-hydrogen) atoms. The topological polar surface area (TPSA) is 12.0 Å². The van der Waals surface area contributed by atoms with Crippen LogP contribution in [0.25, 0.3) is 0 Å². The van der Waals surface area contributed by atoms with Gasteiger partial charge in [-0.05, 0) is 36.4 Å². The van der Waals surface area contributed by atoms with Crippen molar-refractivity contribution >= 4 is 0 Å². The van der Waals surface area contributed by atoms with Gasteiger partial charge >= 0.3 is 0 Å². The zero-order chi connectivity index (χ0) is 16.2. The van der Waals surface area contributed by atoms with Crippen molar-refractivity contribution in [3.05, 3.63) is 0 Å². The number of rotatable bonds is 0. The minimum absolute atomic E-state index is 1.23. The quantitative estimate of drug-likeness (QED) is 0.575. The lowest BCUT2D eigenvalue weighted by Gasteiger charge is -2.34. The highest BCUT2D eigenvalue weighted by Gasteiger charge is 2.44. The van der Waals surface area contributed by atoms with E-state index in [2.05, 4.69) is 0 Å². The van der Waals surface area contributed by atoms with Crippen LogP contribution in [0.1, 0.15) is 45.9 Å². The monoisotopic (exact) mass is 162 g/mol. The van der Waals surface area contributed by atoms with Gasteiger partial charge in [0.25, 0.3) is 0 Å². The highest BCUT2D eigenvalue weighted by Crippen LogP contribution is 2.46. The minimum atomic E-state index is -2.86. The van der Waals surface area contributed by atoms with Gasteiger partial charge in [-0.25, -0.2) is 0 Å². The summed E-state index contributed by atoms with van der Waals surface area (Å²) in [5, 5.41) is 2.00. The maximum atomic E-state index is 8.55. The molecule has 2 bridgehead atoms. The van der Waals surface area contributed by atoms with Crippen molar-refractivity contribution in [3.63, 3.8) is 0 Å². The Morgan fingerprint density at radius 1 is 1.45 bits per heavy atom. The average molecular weight is 162 g/mol. The number of hydrogen-bond donors (Lipinski definition) is 1. The zero-order valence-electron chi connectivity index (χ0n) is 16.0. The Bertz CT molecular complexity index is 468. The summed E-state index contributed by atoms with van der Waals surface area (Å²) in [6, 6.07) is -2.69. The van der Waals surface area contributed by atoms with Crippen LogP contribution in [-0.4, -0.2) is 12.5 Å². The van der Waals surface area contributed by atoms with Crippen LogP contribution in [0.15, 0.2) is 0 Å². The second kappa shape index (κ2) is 2.22. The predicted molar refractivity (Wildman–Crippen MR) is 47.5 cm³/mol. The predicted octanol–water partition coefficient (Wildman–Crippen LogP) is 2.03. The van der Waals surface area contributed by atoms with E-state index in [4.69, 9.17) is 12.3 Å². The van der Waals surface area contributed by atoms with E-state index in [0.717, 1.165) is 0 Å². The third kappa shape index (κ3) is 1.20. The molecule has 1 aliphatic heterocycles.